The van der Waals surface area contributed by atoms with Crippen molar-refractivity contribution in [1.82, 2.24) is 9.63 Å². The van der Waals surface area contributed by atoms with Crippen molar-refractivity contribution in [3.63, 3.8) is 0 Å². The van der Waals surface area contributed by atoms with Crippen LogP contribution < -0.4 is 9.57 Å². The zero-order valence-corrected chi connectivity index (χ0v) is 18.1. The van der Waals surface area contributed by atoms with Crippen molar-refractivity contribution in [3.05, 3.63) is 42.0 Å². The van der Waals surface area contributed by atoms with Gasteiger partial charge in [0.15, 0.2) is 0 Å². The fraction of sp³-hybridized carbons (Fsp3) is 0.400. The van der Waals surface area contributed by atoms with Gasteiger partial charge in [0.25, 0.3) is 0 Å². The highest BCUT2D eigenvalue weighted by atomic mass is 32.1. The van der Waals surface area contributed by atoms with E-state index in [1.54, 1.807) is 52.1 Å². The topological polar surface area (TPSA) is 110 Å². The van der Waals surface area contributed by atoms with Crippen LogP contribution in [0.3, 0.4) is 0 Å². The molecule has 10 heteroatoms. The molecule has 0 aliphatic rings. The Morgan fingerprint density at radius 2 is 1.67 bits per heavy atom. The minimum absolute atomic E-state index is 0.0306. The van der Waals surface area contributed by atoms with Gasteiger partial charge in [0.1, 0.15) is 17.4 Å². The first-order chi connectivity index (χ1) is 14.1. The third kappa shape index (κ3) is 5.99. The number of carbonyl (C=O) groups excluding carboxylic acids is 2. The number of ether oxygens (including phenoxy) is 2. The monoisotopic (exact) mass is 438 g/mol. The van der Waals surface area contributed by atoms with Crippen LogP contribution in [0.5, 0.6) is 17.5 Å². The Hall–Kier alpha value is -3.01. The van der Waals surface area contributed by atoms with Gasteiger partial charge in [-0.25, -0.2) is 9.59 Å². The number of hydrogen-bond acceptors (Lipinski definition) is 8. The molecule has 30 heavy (non-hydrogen) atoms. The van der Waals surface area contributed by atoms with E-state index in [9.17, 15) is 19.8 Å². The lowest BCUT2D eigenvalue weighted by Gasteiger charge is -2.31. The Kier molecular flexibility index (Phi) is 7.49. The number of aromatic hydroxyl groups is 2. The van der Waals surface area contributed by atoms with Crippen LogP contribution in [0.25, 0.3) is 0 Å². The lowest BCUT2D eigenvalue weighted by molar-refractivity contribution is -0.151. The average Bonchev–Trinajstić information content (AvgIpc) is 2.99. The lowest BCUT2D eigenvalue weighted by Crippen LogP contribution is -2.50. The second kappa shape index (κ2) is 9.66. The Balaban J connectivity index is 2.31. The molecule has 164 valence electrons. The summed E-state index contributed by atoms with van der Waals surface area (Å²) in [5.74, 6) is -1.30. The third-order valence-electron chi connectivity index (χ3n) is 3.94. The summed E-state index contributed by atoms with van der Waals surface area (Å²) in [6, 6.07) is 8.11. The number of aromatic nitrogens is 1. The van der Waals surface area contributed by atoms with E-state index in [1.807, 2.05) is 0 Å². The summed E-state index contributed by atoms with van der Waals surface area (Å²) in [4.78, 5) is 31.9. The van der Waals surface area contributed by atoms with E-state index in [-0.39, 0.29) is 12.3 Å². The molecule has 2 N–H and O–H groups in total. The number of benzene rings is 1. The standard InChI is InChI=1S/C20H26N2O7S/c1-20(2,3)28-19(26)21(11-13-5-7-14(27-4)8-6-13)15(12-30)18(25)29-22-16(23)9-10-17(22)24/h5-10,15,23-24,30H,11-12H2,1-4H3/t15-/m0/s1. The minimum Gasteiger partial charge on any atom is -0.497 e. The van der Waals surface area contributed by atoms with Gasteiger partial charge in [-0.15, -0.1) is 4.73 Å². The van der Waals surface area contributed by atoms with E-state index in [0.717, 1.165) is 12.1 Å². The van der Waals surface area contributed by atoms with E-state index >= 15 is 0 Å². The lowest BCUT2D eigenvalue weighted by atomic mass is 10.1. The Bertz CT molecular complexity index is 855. The van der Waals surface area contributed by atoms with Gasteiger partial charge in [0, 0.05) is 24.4 Å². The van der Waals surface area contributed by atoms with Gasteiger partial charge < -0.3 is 24.5 Å². The molecule has 2 aromatic rings. The molecule has 1 heterocycles. The van der Waals surface area contributed by atoms with Crippen molar-refractivity contribution in [2.45, 2.75) is 39.0 Å². The van der Waals surface area contributed by atoms with Crippen LogP contribution in [0.2, 0.25) is 0 Å². The molecule has 1 aromatic heterocycles. The molecule has 0 saturated carbocycles. The highest BCUT2D eigenvalue weighted by Gasteiger charge is 2.34. The highest BCUT2D eigenvalue weighted by molar-refractivity contribution is 7.80. The third-order valence-corrected chi connectivity index (χ3v) is 4.29. The van der Waals surface area contributed by atoms with Gasteiger partial charge >= 0.3 is 12.1 Å². The first kappa shape index (κ1) is 23.3. The van der Waals surface area contributed by atoms with Crippen LogP contribution in [-0.4, -0.2) is 56.4 Å². The molecule has 0 saturated heterocycles. The summed E-state index contributed by atoms with van der Waals surface area (Å²) in [5.41, 5.74) is -0.0787. The maximum absolute atomic E-state index is 12.9. The quantitative estimate of drug-likeness (QED) is 0.570. The second-order valence-corrected chi connectivity index (χ2v) is 7.77. The fourth-order valence-electron chi connectivity index (χ4n) is 2.50. The molecular formula is C20H26N2O7S. The summed E-state index contributed by atoms with van der Waals surface area (Å²) >= 11 is 4.20. The van der Waals surface area contributed by atoms with Crippen LogP contribution in [0.15, 0.2) is 36.4 Å². The van der Waals surface area contributed by atoms with Crippen molar-refractivity contribution < 1.29 is 34.1 Å². The zero-order chi connectivity index (χ0) is 22.5. The van der Waals surface area contributed by atoms with E-state index in [1.165, 1.54) is 4.90 Å². The molecule has 0 unspecified atom stereocenters. The first-order valence-corrected chi connectivity index (χ1v) is 9.74. The molecule has 0 aliphatic carbocycles. The van der Waals surface area contributed by atoms with Crippen LogP contribution in [0, 0.1) is 0 Å². The van der Waals surface area contributed by atoms with Crippen molar-refractivity contribution in [2.24, 2.45) is 0 Å². The number of thiol groups is 1. The summed E-state index contributed by atoms with van der Waals surface area (Å²) in [6.07, 6.45) is -0.740. The predicted molar refractivity (Wildman–Crippen MR) is 112 cm³/mol. The van der Waals surface area contributed by atoms with Crippen molar-refractivity contribution in [3.8, 4) is 17.5 Å². The molecule has 1 aromatic carbocycles. The molecule has 9 nitrogen and oxygen atoms in total. The number of amides is 1. The van der Waals surface area contributed by atoms with Gasteiger partial charge in [-0.3, -0.25) is 4.90 Å². The molecule has 0 aliphatic heterocycles. The number of hydrogen-bond donors (Lipinski definition) is 3. The number of methoxy groups -OCH3 is 1. The van der Waals surface area contributed by atoms with Crippen LogP contribution in [0.4, 0.5) is 4.79 Å². The van der Waals surface area contributed by atoms with Crippen LogP contribution >= 0.6 is 12.6 Å². The normalized spacial score (nSPS) is 12.2. The van der Waals surface area contributed by atoms with Gasteiger partial charge in [-0.2, -0.15) is 12.6 Å². The Labute approximate surface area is 180 Å². The first-order valence-electron chi connectivity index (χ1n) is 9.11. The van der Waals surface area contributed by atoms with Crippen molar-refractivity contribution in [2.75, 3.05) is 12.9 Å². The summed E-state index contributed by atoms with van der Waals surface area (Å²) < 4.78 is 11.1. The highest BCUT2D eigenvalue weighted by Crippen LogP contribution is 2.21. The van der Waals surface area contributed by atoms with Crippen LogP contribution in [-0.2, 0) is 16.1 Å². The van der Waals surface area contributed by atoms with E-state index in [0.29, 0.717) is 16.0 Å². The van der Waals surface area contributed by atoms with E-state index in [2.05, 4.69) is 12.6 Å². The van der Waals surface area contributed by atoms with E-state index < -0.39 is 35.5 Å². The molecule has 0 radical (unpaired) electrons. The molecular weight excluding hydrogens is 412 g/mol. The summed E-state index contributed by atoms with van der Waals surface area (Å²) in [6.45, 7) is 5.16. The Morgan fingerprint density at radius 1 is 1.10 bits per heavy atom. The predicted octanol–water partition coefficient (Wildman–Crippen LogP) is 2.60. The van der Waals surface area contributed by atoms with Gasteiger partial charge in [-0.1, -0.05) is 12.1 Å². The number of carbonyl (C=O) groups is 2. The zero-order valence-electron chi connectivity index (χ0n) is 17.2. The fourth-order valence-corrected chi connectivity index (χ4v) is 2.84. The number of nitrogens with zero attached hydrogens (tertiary/aromatic N) is 2. The molecule has 1 amide bonds. The maximum Gasteiger partial charge on any atom is 0.411 e. The molecule has 1 atom stereocenters. The summed E-state index contributed by atoms with van der Waals surface area (Å²) in [5, 5.41) is 19.4. The second-order valence-electron chi connectivity index (χ2n) is 7.41. The van der Waals surface area contributed by atoms with E-state index in [4.69, 9.17) is 14.3 Å². The molecule has 0 fully saturated rings. The van der Waals surface area contributed by atoms with Gasteiger partial charge in [0.2, 0.25) is 11.8 Å². The van der Waals surface area contributed by atoms with Crippen molar-refractivity contribution >= 4 is 24.7 Å². The smallest absolute Gasteiger partial charge is 0.411 e. The minimum atomic E-state index is -1.16. The van der Waals surface area contributed by atoms with Gasteiger partial charge in [-0.05, 0) is 38.5 Å². The maximum atomic E-state index is 12.9. The largest absolute Gasteiger partial charge is 0.497 e. The molecule has 2 rings (SSSR count). The molecule has 0 bridgehead atoms. The number of rotatable bonds is 7. The van der Waals surface area contributed by atoms with Crippen molar-refractivity contribution in [1.29, 1.82) is 0 Å². The van der Waals surface area contributed by atoms with Gasteiger partial charge in [0.05, 0.1) is 7.11 Å². The summed E-state index contributed by atoms with van der Waals surface area (Å²) in [7, 11) is 1.54. The van der Waals surface area contributed by atoms with Crippen LogP contribution in [0.1, 0.15) is 26.3 Å². The molecule has 0 spiro atoms. The average molecular weight is 439 g/mol. The Morgan fingerprint density at radius 3 is 2.13 bits per heavy atom. The SMILES string of the molecule is COc1ccc(CN(C(=O)OC(C)(C)C)[C@@H](CS)C(=O)On2c(O)ccc2O)cc1.